The zero-order valence-electron chi connectivity index (χ0n) is 13.3. The number of non-ortho nitro benzene ring substituents is 1. The highest BCUT2D eigenvalue weighted by Crippen LogP contribution is 2.22. The summed E-state index contributed by atoms with van der Waals surface area (Å²) in [7, 11) is 0. The number of carbonyl (C=O) groups is 1. The number of benzene rings is 1. The third kappa shape index (κ3) is 3.69. The number of aromatic nitrogens is 3. The largest absolute Gasteiger partial charge is 0.451 e. The van der Waals surface area contributed by atoms with E-state index < -0.39 is 10.9 Å². The van der Waals surface area contributed by atoms with Gasteiger partial charge in [0.05, 0.1) is 15.6 Å². The molecule has 0 aliphatic rings. The molecule has 0 aliphatic heterocycles. The Balaban J connectivity index is 1.66. The van der Waals surface area contributed by atoms with Gasteiger partial charge in [-0.15, -0.1) is 21.5 Å². The summed E-state index contributed by atoms with van der Waals surface area (Å²) >= 11 is 1.26. The summed E-state index contributed by atoms with van der Waals surface area (Å²) in [5, 5.41) is 19.1. The Labute approximate surface area is 145 Å². The third-order valence-electron chi connectivity index (χ3n) is 3.21. The Kier molecular flexibility index (Phi) is 4.52. The lowest BCUT2D eigenvalue weighted by molar-refractivity contribution is -0.384. The minimum atomic E-state index is -0.502. The van der Waals surface area contributed by atoms with Gasteiger partial charge in [0, 0.05) is 17.7 Å². The predicted octanol–water partition coefficient (Wildman–Crippen LogP) is 3.08. The van der Waals surface area contributed by atoms with Crippen LogP contribution in [0.5, 0.6) is 0 Å². The van der Waals surface area contributed by atoms with Crippen LogP contribution in [0.2, 0.25) is 0 Å². The fraction of sp³-hybridized carbons (Fsp3) is 0.200. The molecule has 3 aromatic rings. The summed E-state index contributed by atoms with van der Waals surface area (Å²) in [5.74, 6) is -0.190. The molecule has 10 heteroatoms. The standard InChI is InChI=1S/C15H12N4O5S/c1-8-13(25-9(2)16-8)15(20)23-7-12-17-18-14(24-12)10-3-5-11(6-4-10)19(21)22/h3-6H,7H2,1-2H3. The number of esters is 1. The topological polar surface area (TPSA) is 121 Å². The first-order valence-corrected chi connectivity index (χ1v) is 7.94. The summed E-state index contributed by atoms with van der Waals surface area (Å²) in [6.07, 6.45) is 0. The number of hydrogen-bond acceptors (Lipinski definition) is 9. The third-order valence-corrected chi connectivity index (χ3v) is 4.26. The Morgan fingerprint density at radius 1 is 1.28 bits per heavy atom. The van der Waals surface area contributed by atoms with E-state index in [1.54, 1.807) is 6.92 Å². The van der Waals surface area contributed by atoms with Crippen molar-refractivity contribution in [3.05, 3.63) is 55.8 Å². The number of rotatable bonds is 5. The van der Waals surface area contributed by atoms with Gasteiger partial charge in [-0.2, -0.15) is 0 Å². The zero-order valence-corrected chi connectivity index (χ0v) is 14.1. The maximum atomic E-state index is 12.0. The second kappa shape index (κ2) is 6.77. The molecule has 0 fully saturated rings. The molecular weight excluding hydrogens is 348 g/mol. The molecule has 0 bridgehead atoms. The molecule has 0 amide bonds. The van der Waals surface area contributed by atoms with Gasteiger partial charge in [-0.05, 0) is 26.0 Å². The molecule has 0 saturated heterocycles. The van der Waals surface area contributed by atoms with Crippen LogP contribution in [0.1, 0.15) is 26.3 Å². The molecule has 9 nitrogen and oxygen atoms in total. The van der Waals surface area contributed by atoms with Gasteiger partial charge in [-0.1, -0.05) is 0 Å². The Hall–Kier alpha value is -3.14. The van der Waals surface area contributed by atoms with Crippen molar-refractivity contribution in [3.63, 3.8) is 0 Å². The SMILES string of the molecule is Cc1nc(C)c(C(=O)OCc2nnc(-c3ccc([N+](=O)[O-])cc3)o2)s1. The van der Waals surface area contributed by atoms with Crippen molar-refractivity contribution in [2.45, 2.75) is 20.5 Å². The Bertz CT molecular complexity index is 932. The van der Waals surface area contributed by atoms with Crippen molar-refractivity contribution in [3.8, 4) is 11.5 Å². The number of aryl methyl sites for hydroxylation is 2. The number of ether oxygens (including phenoxy) is 1. The van der Waals surface area contributed by atoms with Crippen molar-refractivity contribution in [2.24, 2.45) is 0 Å². The molecule has 0 N–H and O–H groups in total. The van der Waals surface area contributed by atoms with Crippen LogP contribution < -0.4 is 0 Å². The second-order valence-corrected chi connectivity index (χ2v) is 6.23. The first kappa shape index (κ1) is 16.7. The average molecular weight is 360 g/mol. The molecule has 2 heterocycles. The van der Waals surface area contributed by atoms with E-state index in [9.17, 15) is 14.9 Å². The lowest BCUT2D eigenvalue weighted by Gasteiger charge is -1.99. The average Bonchev–Trinajstić information content (AvgIpc) is 3.19. The van der Waals surface area contributed by atoms with Crippen molar-refractivity contribution < 1.29 is 18.9 Å². The van der Waals surface area contributed by atoms with E-state index >= 15 is 0 Å². The molecule has 0 spiro atoms. The van der Waals surface area contributed by atoms with E-state index in [1.165, 1.54) is 35.6 Å². The summed E-state index contributed by atoms with van der Waals surface area (Å²) in [6, 6.07) is 5.69. The molecule has 128 valence electrons. The van der Waals surface area contributed by atoms with Crippen molar-refractivity contribution in [1.29, 1.82) is 0 Å². The summed E-state index contributed by atoms with van der Waals surface area (Å²) in [6.45, 7) is 3.37. The maximum absolute atomic E-state index is 12.0. The van der Waals surface area contributed by atoms with Gasteiger partial charge >= 0.3 is 5.97 Å². The van der Waals surface area contributed by atoms with Crippen LogP contribution in [0.3, 0.4) is 0 Å². The molecular formula is C15H12N4O5S. The summed E-state index contributed by atoms with van der Waals surface area (Å²) < 4.78 is 10.6. The van der Waals surface area contributed by atoms with Crippen LogP contribution in [-0.2, 0) is 11.3 Å². The minimum absolute atomic E-state index is 0.0346. The monoisotopic (exact) mass is 360 g/mol. The van der Waals surface area contributed by atoms with Gasteiger partial charge in [-0.25, -0.2) is 9.78 Å². The normalized spacial score (nSPS) is 10.6. The number of nitro groups is 1. The Morgan fingerprint density at radius 3 is 2.60 bits per heavy atom. The van der Waals surface area contributed by atoms with Gasteiger partial charge in [0.25, 0.3) is 11.6 Å². The summed E-state index contributed by atoms with van der Waals surface area (Å²) in [4.78, 5) is 26.8. The number of thiazole rings is 1. The number of nitro benzene ring substituents is 1. The van der Waals surface area contributed by atoms with Gasteiger partial charge in [0.1, 0.15) is 4.88 Å². The highest BCUT2D eigenvalue weighted by Gasteiger charge is 2.17. The molecule has 3 rings (SSSR count). The lowest BCUT2D eigenvalue weighted by Crippen LogP contribution is -2.05. The minimum Gasteiger partial charge on any atom is -0.451 e. The first-order chi connectivity index (χ1) is 11.9. The van der Waals surface area contributed by atoms with E-state index in [0.717, 1.165) is 5.01 Å². The quantitative estimate of drug-likeness (QED) is 0.386. The zero-order chi connectivity index (χ0) is 18.0. The highest BCUT2D eigenvalue weighted by molar-refractivity contribution is 7.13. The van der Waals surface area contributed by atoms with Crippen LogP contribution in [-0.4, -0.2) is 26.1 Å². The molecule has 25 heavy (non-hydrogen) atoms. The van der Waals surface area contributed by atoms with Crippen LogP contribution >= 0.6 is 11.3 Å². The smallest absolute Gasteiger partial charge is 0.350 e. The van der Waals surface area contributed by atoms with E-state index in [4.69, 9.17) is 9.15 Å². The van der Waals surface area contributed by atoms with E-state index in [2.05, 4.69) is 15.2 Å². The number of carbonyl (C=O) groups excluding carboxylic acids is 1. The van der Waals surface area contributed by atoms with Crippen molar-refractivity contribution in [2.75, 3.05) is 0 Å². The predicted molar refractivity (Wildman–Crippen MR) is 87.1 cm³/mol. The molecule has 0 saturated carbocycles. The van der Waals surface area contributed by atoms with Crippen LogP contribution in [0.4, 0.5) is 5.69 Å². The molecule has 1 aromatic carbocycles. The highest BCUT2D eigenvalue weighted by atomic mass is 32.1. The van der Waals surface area contributed by atoms with Crippen molar-refractivity contribution >= 4 is 23.0 Å². The number of nitrogens with zero attached hydrogens (tertiary/aromatic N) is 4. The van der Waals surface area contributed by atoms with Gasteiger partial charge < -0.3 is 9.15 Å². The summed E-state index contributed by atoms with van der Waals surface area (Å²) in [5.41, 5.74) is 1.11. The maximum Gasteiger partial charge on any atom is 0.350 e. The molecule has 0 atom stereocenters. The fourth-order valence-electron chi connectivity index (χ4n) is 2.07. The van der Waals surface area contributed by atoms with E-state index in [0.29, 0.717) is 16.1 Å². The van der Waals surface area contributed by atoms with E-state index in [1.807, 2.05) is 6.92 Å². The van der Waals surface area contributed by atoms with E-state index in [-0.39, 0.29) is 24.1 Å². The van der Waals surface area contributed by atoms with Gasteiger partial charge in [-0.3, -0.25) is 10.1 Å². The van der Waals surface area contributed by atoms with Crippen LogP contribution in [0, 0.1) is 24.0 Å². The second-order valence-electron chi connectivity index (χ2n) is 5.03. The molecule has 0 aliphatic carbocycles. The fourth-order valence-corrected chi connectivity index (χ4v) is 2.88. The number of hydrogen-bond donors (Lipinski definition) is 0. The molecule has 0 unspecified atom stereocenters. The van der Waals surface area contributed by atoms with Gasteiger partial charge in [0.15, 0.2) is 6.61 Å². The lowest BCUT2D eigenvalue weighted by atomic mass is 10.2. The van der Waals surface area contributed by atoms with Crippen molar-refractivity contribution in [1.82, 2.24) is 15.2 Å². The van der Waals surface area contributed by atoms with Crippen LogP contribution in [0.25, 0.3) is 11.5 Å². The Morgan fingerprint density at radius 2 is 2.00 bits per heavy atom. The molecule has 2 aromatic heterocycles. The molecule has 0 radical (unpaired) electrons. The first-order valence-electron chi connectivity index (χ1n) is 7.12. The van der Waals surface area contributed by atoms with Gasteiger partial charge in [0.2, 0.25) is 5.89 Å². The van der Waals surface area contributed by atoms with Crippen LogP contribution in [0.15, 0.2) is 28.7 Å².